The molecule has 0 spiro atoms. The Morgan fingerprint density at radius 2 is 0.921 bits per heavy atom. The Labute approximate surface area is 219 Å². The summed E-state index contributed by atoms with van der Waals surface area (Å²) in [7, 11) is 0. The van der Waals surface area contributed by atoms with Crippen molar-refractivity contribution in [3.63, 3.8) is 0 Å². The summed E-state index contributed by atoms with van der Waals surface area (Å²) >= 11 is 2.25. The van der Waals surface area contributed by atoms with Gasteiger partial charge in [0, 0.05) is 30.6 Å². The lowest BCUT2D eigenvalue weighted by atomic mass is 9.95. The van der Waals surface area contributed by atoms with E-state index in [1.54, 1.807) is 35.0 Å². The summed E-state index contributed by atoms with van der Waals surface area (Å²) in [6, 6.07) is 13.6. The molecule has 3 aromatic carbocycles. The molecule has 0 bridgehead atoms. The molecule has 0 saturated carbocycles. The summed E-state index contributed by atoms with van der Waals surface area (Å²) in [5, 5.41) is 42.5. The van der Waals surface area contributed by atoms with Gasteiger partial charge in [-0.3, -0.25) is 0 Å². The van der Waals surface area contributed by atoms with Crippen LogP contribution in [0.4, 0.5) is 17.6 Å². The minimum absolute atomic E-state index is 0.193. The number of rotatable bonds is 2. The van der Waals surface area contributed by atoms with Gasteiger partial charge in [0.05, 0.1) is 45.5 Å². The van der Waals surface area contributed by atoms with Crippen LogP contribution in [0.2, 0.25) is 0 Å². The topological polar surface area (TPSA) is 95.2 Å². The average molecular weight is 541 g/mol. The Hall–Kier alpha value is -5.00. The zero-order valence-electron chi connectivity index (χ0n) is 18.7. The van der Waals surface area contributed by atoms with E-state index < -0.39 is 34.4 Å². The second-order valence-electron chi connectivity index (χ2n) is 7.90. The van der Waals surface area contributed by atoms with Gasteiger partial charge in [-0.2, -0.15) is 21.0 Å². The molecule has 0 saturated heterocycles. The first-order chi connectivity index (χ1) is 18.3. The van der Waals surface area contributed by atoms with Crippen molar-refractivity contribution >= 4 is 54.0 Å². The van der Waals surface area contributed by atoms with Crippen molar-refractivity contribution in [3.8, 4) is 24.3 Å². The summed E-state index contributed by atoms with van der Waals surface area (Å²) in [6.07, 6.45) is 0. The number of fused-ring (bicyclic) bond motifs is 2. The quantitative estimate of drug-likeness (QED) is 0.262. The summed E-state index contributed by atoms with van der Waals surface area (Å²) in [5.74, 6) is -4.38. The van der Waals surface area contributed by atoms with E-state index in [-0.39, 0.29) is 32.7 Å². The number of thiophene rings is 2. The monoisotopic (exact) mass is 540 g/mol. The molecule has 0 atom stereocenters. The molecule has 5 aromatic rings. The maximum absolute atomic E-state index is 15.0. The Balaban J connectivity index is 2.05. The Morgan fingerprint density at radius 3 is 1.21 bits per heavy atom. The van der Waals surface area contributed by atoms with Crippen LogP contribution >= 0.6 is 22.7 Å². The van der Waals surface area contributed by atoms with Crippen LogP contribution in [0.1, 0.15) is 22.3 Å². The lowest BCUT2D eigenvalue weighted by molar-refractivity contribution is 0.576. The summed E-state index contributed by atoms with van der Waals surface area (Å²) in [4.78, 5) is 0. The van der Waals surface area contributed by atoms with E-state index in [9.17, 15) is 28.1 Å². The molecule has 0 radical (unpaired) electrons. The minimum atomic E-state index is -1.10. The van der Waals surface area contributed by atoms with Gasteiger partial charge in [0.15, 0.2) is 0 Å². The fourth-order valence-electron chi connectivity index (χ4n) is 4.37. The van der Waals surface area contributed by atoms with E-state index in [0.717, 1.165) is 46.9 Å². The van der Waals surface area contributed by atoms with Gasteiger partial charge in [-0.05, 0) is 47.2 Å². The van der Waals surface area contributed by atoms with Crippen LogP contribution in [0.25, 0.3) is 31.3 Å². The van der Waals surface area contributed by atoms with Gasteiger partial charge >= 0.3 is 0 Å². The van der Waals surface area contributed by atoms with Gasteiger partial charge in [-0.25, -0.2) is 17.6 Å². The van der Waals surface area contributed by atoms with Crippen molar-refractivity contribution in [2.75, 3.05) is 0 Å². The molecule has 0 fully saturated rings. The minimum Gasteiger partial charge on any atom is -0.206 e. The maximum atomic E-state index is 15.0. The van der Waals surface area contributed by atoms with Crippen molar-refractivity contribution in [2.45, 2.75) is 0 Å². The van der Waals surface area contributed by atoms with Gasteiger partial charge < -0.3 is 0 Å². The zero-order chi connectivity index (χ0) is 27.1. The van der Waals surface area contributed by atoms with Crippen LogP contribution in [0.5, 0.6) is 0 Å². The third-order valence-corrected chi connectivity index (χ3v) is 7.75. The first-order valence-electron chi connectivity index (χ1n) is 10.6. The molecule has 10 heteroatoms. The van der Waals surface area contributed by atoms with Crippen LogP contribution in [-0.2, 0) is 0 Å². The maximum Gasteiger partial charge on any atom is 0.136 e. The predicted molar refractivity (Wildman–Crippen MR) is 135 cm³/mol. The number of nitriles is 4. The molecule has 0 aliphatic heterocycles. The Morgan fingerprint density at radius 1 is 0.579 bits per heavy atom. The smallest absolute Gasteiger partial charge is 0.136 e. The highest BCUT2D eigenvalue weighted by Crippen LogP contribution is 2.29. The molecule has 5 rings (SSSR count). The number of hydrogen-bond acceptors (Lipinski definition) is 6. The summed E-state index contributed by atoms with van der Waals surface area (Å²) in [6.45, 7) is 0. The highest BCUT2D eigenvalue weighted by atomic mass is 32.1. The van der Waals surface area contributed by atoms with Gasteiger partial charge in [0.2, 0.25) is 0 Å². The number of halogens is 4. The molecule has 0 aliphatic rings. The van der Waals surface area contributed by atoms with Gasteiger partial charge in [0.1, 0.15) is 35.4 Å². The molecular formula is C28H8F4N4S2. The van der Waals surface area contributed by atoms with E-state index in [0.29, 0.717) is 20.2 Å². The zero-order valence-corrected chi connectivity index (χ0v) is 20.4. The largest absolute Gasteiger partial charge is 0.206 e. The molecule has 2 aromatic heterocycles. The standard InChI is InChI=1S/C28H8F4N4S2/c29-19-5-13(9-33)6-20(30)25(19)17(11-35)23-15-1-3-37-27(15)24(16-2-4-38-28(16)23)18(12-36)26-21(31)7-14(10-34)8-22(26)32/h1-8H/b23-17-,24-18-. The number of benzene rings is 3. The highest BCUT2D eigenvalue weighted by Gasteiger charge is 2.23. The molecule has 0 aliphatic carbocycles. The molecule has 0 N–H and O–H groups in total. The summed E-state index contributed by atoms with van der Waals surface area (Å²) < 4.78 is 60.7. The third kappa shape index (κ3) is 3.69. The van der Waals surface area contributed by atoms with Crippen LogP contribution in [-0.4, -0.2) is 0 Å². The molecule has 0 amide bonds. The van der Waals surface area contributed by atoms with Crippen LogP contribution in [0, 0.1) is 68.6 Å². The number of nitrogens with zero attached hydrogens (tertiary/aromatic N) is 4. The molecule has 0 unspecified atom stereocenters. The van der Waals surface area contributed by atoms with Gasteiger partial charge in [0.25, 0.3) is 0 Å². The second kappa shape index (κ2) is 9.47. The molecule has 180 valence electrons. The van der Waals surface area contributed by atoms with Crippen LogP contribution < -0.4 is 10.4 Å². The predicted octanol–water partition coefficient (Wildman–Crippen LogP) is 5.86. The van der Waals surface area contributed by atoms with Crippen LogP contribution in [0.15, 0.2) is 47.2 Å². The molecule has 2 heterocycles. The lowest BCUT2D eigenvalue weighted by Crippen LogP contribution is -2.18. The van der Waals surface area contributed by atoms with E-state index >= 15 is 0 Å². The SMILES string of the molecule is N#C/C(c1c(F)cc(C#N)cc1F)=c1\c2ccsc2/c(=C(/C#N)c2c(F)cc(C#N)cc2F)c2ccsc12. The van der Waals surface area contributed by atoms with Gasteiger partial charge in [-0.1, -0.05) is 0 Å². The fourth-order valence-corrected chi connectivity index (χ4v) is 6.30. The second-order valence-corrected chi connectivity index (χ2v) is 9.74. The Kier molecular flexibility index (Phi) is 6.15. The lowest BCUT2D eigenvalue weighted by Gasteiger charge is -2.09. The third-order valence-electron chi connectivity index (χ3n) is 5.89. The number of hydrogen-bond donors (Lipinski definition) is 0. The van der Waals surface area contributed by atoms with E-state index in [1.807, 2.05) is 12.1 Å². The van der Waals surface area contributed by atoms with Crippen molar-refractivity contribution in [1.29, 1.82) is 21.0 Å². The van der Waals surface area contributed by atoms with Gasteiger partial charge in [-0.15, -0.1) is 22.7 Å². The van der Waals surface area contributed by atoms with Crippen molar-refractivity contribution in [2.24, 2.45) is 0 Å². The highest BCUT2D eigenvalue weighted by molar-refractivity contribution is 7.18. The molecule has 38 heavy (non-hydrogen) atoms. The van der Waals surface area contributed by atoms with Crippen molar-refractivity contribution < 1.29 is 17.6 Å². The average Bonchev–Trinajstić information content (AvgIpc) is 3.57. The van der Waals surface area contributed by atoms with Crippen molar-refractivity contribution in [1.82, 2.24) is 0 Å². The van der Waals surface area contributed by atoms with Crippen LogP contribution in [0.3, 0.4) is 0 Å². The summed E-state index contributed by atoms with van der Waals surface area (Å²) in [5.41, 5.74) is -2.40. The first-order valence-corrected chi connectivity index (χ1v) is 12.3. The van der Waals surface area contributed by atoms with E-state index in [2.05, 4.69) is 0 Å². The Bertz CT molecular complexity index is 1880. The molecular weight excluding hydrogens is 532 g/mol. The van der Waals surface area contributed by atoms with E-state index in [1.165, 1.54) is 0 Å². The fraction of sp³-hybridized carbons (Fsp3) is 0. The normalized spacial score (nSPS) is 12.4. The first kappa shape index (κ1) is 24.7. The molecule has 4 nitrogen and oxygen atoms in total. The van der Waals surface area contributed by atoms with Crippen molar-refractivity contribution in [3.05, 3.63) is 103 Å². The van der Waals surface area contributed by atoms with E-state index in [4.69, 9.17) is 10.5 Å².